The molecule has 16 heavy (non-hydrogen) atoms. The third-order valence-electron chi connectivity index (χ3n) is 2.10. The van der Waals surface area contributed by atoms with E-state index in [4.69, 9.17) is 10.5 Å². The van der Waals surface area contributed by atoms with E-state index in [2.05, 4.69) is 22.2 Å². The Hall–Kier alpha value is -1.36. The molecule has 0 aliphatic heterocycles. The van der Waals surface area contributed by atoms with Crippen molar-refractivity contribution in [2.24, 2.45) is 5.73 Å². The van der Waals surface area contributed by atoms with E-state index >= 15 is 0 Å². The number of hydrogen-bond acceptors (Lipinski definition) is 5. The van der Waals surface area contributed by atoms with Crippen LogP contribution in [0.25, 0.3) is 0 Å². The summed E-state index contributed by atoms with van der Waals surface area (Å²) in [6, 6.07) is 0.226. The van der Waals surface area contributed by atoms with Crippen LogP contribution in [-0.2, 0) is 0 Å². The number of anilines is 1. The van der Waals surface area contributed by atoms with Crippen molar-refractivity contribution in [2.75, 3.05) is 11.9 Å². The van der Waals surface area contributed by atoms with Gasteiger partial charge >= 0.3 is 0 Å². The third-order valence-corrected chi connectivity index (χ3v) is 2.10. The Labute approximate surface area is 96.4 Å². The van der Waals surface area contributed by atoms with Crippen LogP contribution in [0.3, 0.4) is 0 Å². The fraction of sp³-hybridized carbons (Fsp3) is 0.636. The highest BCUT2D eigenvalue weighted by atomic mass is 16.5. The first-order valence-corrected chi connectivity index (χ1v) is 5.61. The highest BCUT2D eigenvalue weighted by Crippen LogP contribution is 2.11. The van der Waals surface area contributed by atoms with E-state index in [9.17, 15) is 0 Å². The molecule has 90 valence electrons. The molecule has 3 N–H and O–H groups in total. The molecule has 0 radical (unpaired) electrons. The molecule has 1 aromatic heterocycles. The van der Waals surface area contributed by atoms with Crippen molar-refractivity contribution in [3.63, 3.8) is 0 Å². The summed E-state index contributed by atoms with van der Waals surface area (Å²) in [6.07, 6.45) is 4.33. The Morgan fingerprint density at radius 3 is 2.75 bits per heavy atom. The lowest BCUT2D eigenvalue weighted by Crippen LogP contribution is -2.28. The molecule has 5 heteroatoms. The fourth-order valence-electron chi connectivity index (χ4n) is 1.25. The molecule has 0 aliphatic carbocycles. The van der Waals surface area contributed by atoms with Gasteiger partial charge in [0.1, 0.15) is 5.82 Å². The zero-order chi connectivity index (χ0) is 12.0. The van der Waals surface area contributed by atoms with Gasteiger partial charge in [0, 0.05) is 12.6 Å². The number of nitrogens with zero attached hydrogens (tertiary/aromatic N) is 2. The Balaban J connectivity index is 2.66. The van der Waals surface area contributed by atoms with Crippen LogP contribution in [0.2, 0.25) is 0 Å². The van der Waals surface area contributed by atoms with Crippen LogP contribution in [0.15, 0.2) is 12.4 Å². The molecule has 0 aliphatic rings. The topological polar surface area (TPSA) is 73.1 Å². The lowest BCUT2D eigenvalue weighted by atomic mass is 10.2. The first-order valence-electron chi connectivity index (χ1n) is 5.61. The van der Waals surface area contributed by atoms with Crippen molar-refractivity contribution in [2.45, 2.75) is 39.3 Å². The first-order chi connectivity index (χ1) is 7.65. The van der Waals surface area contributed by atoms with Crippen LogP contribution in [-0.4, -0.2) is 28.7 Å². The van der Waals surface area contributed by atoms with E-state index in [1.54, 1.807) is 12.4 Å². The summed E-state index contributed by atoms with van der Waals surface area (Å²) in [4.78, 5) is 8.37. The van der Waals surface area contributed by atoms with Gasteiger partial charge in [0.15, 0.2) is 0 Å². The summed E-state index contributed by atoms with van der Waals surface area (Å²) in [5.41, 5.74) is 5.61. The maximum Gasteiger partial charge on any atom is 0.234 e. The number of rotatable bonds is 6. The molecular weight excluding hydrogens is 204 g/mol. The number of aromatic nitrogens is 2. The van der Waals surface area contributed by atoms with Crippen LogP contribution in [0.4, 0.5) is 5.82 Å². The van der Waals surface area contributed by atoms with Crippen LogP contribution in [0, 0.1) is 0 Å². The number of nitrogens with one attached hydrogen (secondary N) is 1. The summed E-state index contributed by atoms with van der Waals surface area (Å²) >= 11 is 0. The summed E-state index contributed by atoms with van der Waals surface area (Å²) in [6.45, 7) is 6.56. The van der Waals surface area contributed by atoms with Crippen molar-refractivity contribution in [3.05, 3.63) is 12.4 Å². The Morgan fingerprint density at radius 1 is 1.44 bits per heavy atom. The van der Waals surface area contributed by atoms with E-state index in [0.29, 0.717) is 18.2 Å². The van der Waals surface area contributed by atoms with E-state index in [1.807, 2.05) is 13.8 Å². The summed E-state index contributed by atoms with van der Waals surface area (Å²) < 4.78 is 5.46. The van der Waals surface area contributed by atoms with Gasteiger partial charge < -0.3 is 15.8 Å². The normalized spacial score (nSPS) is 12.6. The second kappa shape index (κ2) is 6.27. The van der Waals surface area contributed by atoms with E-state index < -0.39 is 0 Å². The van der Waals surface area contributed by atoms with Crippen molar-refractivity contribution < 1.29 is 4.74 Å². The molecule has 0 aromatic carbocycles. The largest absolute Gasteiger partial charge is 0.474 e. The maximum absolute atomic E-state index is 5.61. The Morgan fingerprint density at radius 2 is 2.19 bits per heavy atom. The van der Waals surface area contributed by atoms with Gasteiger partial charge in [0.25, 0.3) is 0 Å². The third kappa shape index (κ3) is 4.02. The summed E-state index contributed by atoms with van der Waals surface area (Å²) in [5.74, 6) is 1.24. The zero-order valence-corrected chi connectivity index (χ0v) is 10.1. The average molecular weight is 224 g/mol. The van der Waals surface area contributed by atoms with Gasteiger partial charge in [-0.1, -0.05) is 6.92 Å². The minimum Gasteiger partial charge on any atom is -0.474 e. The van der Waals surface area contributed by atoms with Gasteiger partial charge in [0.2, 0.25) is 5.88 Å². The van der Waals surface area contributed by atoms with Gasteiger partial charge in [0.05, 0.1) is 18.5 Å². The predicted molar refractivity (Wildman–Crippen MR) is 64.6 cm³/mol. The lowest BCUT2D eigenvalue weighted by molar-refractivity contribution is 0.232. The molecule has 1 rings (SSSR count). The van der Waals surface area contributed by atoms with Crippen LogP contribution in [0.5, 0.6) is 5.88 Å². The highest BCUT2D eigenvalue weighted by molar-refractivity contribution is 5.34. The Bertz CT molecular complexity index is 313. The summed E-state index contributed by atoms with van der Waals surface area (Å²) in [7, 11) is 0. The lowest BCUT2D eigenvalue weighted by Gasteiger charge is -2.15. The van der Waals surface area contributed by atoms with E-state index in [-0.39, 0.29) is 12.1 Å². The zero-order valence-electron chi connectivity index (χ0n) is 10.1. The maximum atomic E-state index is 5.61. The molecule has 1 aromatic rings. The van der Waals surface area contributed by atoms with Crippen LogP contribution in [0.1, 0.15) is 27.2 Å². The smallest absolute Gasteiger partial charge is 0.234 e. The molecule has 0 fully saturated rings. The van der Waals surface area contributed by atoms with E-state index in [1.165, 1.54) is 0 Å². The number of nitrogens with two attached hydrogens (primary N) is 1. The molecule has 1 atom stereocenters. The Kier molecular flexibility index (Phi) is 4.98. The molecule has 0 spiro atoms. The molecule has 0 bridgehead atoms. The van der Waals surface area contributed by atoms with Gasteiger partial charge in [-0.3, -0.25) is 4.98 Å². The van der Waals surface area contributed by atoms with Crippen LogP contribution < -0.4 is 15.8 Å². The number of hydrogen-bond donors (Lipinski definition) is 2. The van der Waals surface area contributed by atoms with Crippen molar-refractivity contribution in [3.8, 4) is 5.88 Å². The molecule has 1 heterocycles. The molecule has 1 unspecified atom stereocenters. The number of ether oxygens (including phenoxy) is 1. The van der Waals surface area contributed by atoms with Crippen molar-refractivity contribution in [1.82, 2.24) is 9.97 Å². The average Bonchev–Trinajstić information content (AvgIpc) is 2.25. The molecule has 0 saturated carbocycles. The van der Waals surface area contributed by atoms with Crippen molar-refractivity contribution >= 4 is 5.82 Å². The van der Waals surface area contributed by atoms with E-state index in [0.717, 1.165) is 6.42 Å². The molecular formula is C11H20N4O. The van der Waals surface area contributed by atoms with Gasteiger partial charge in [-0.25, -0.2) is 0 Å². The molecule has 5 nitrogen and oxygen atoms in total. The first kappa shape index (κ1) is 12.7. The molecule has 0 amide bonds. The predicted octanol–water partition coefficient (Wildman–Crippen LogP) is 1.41. The van der Waals surface area contributed by atoms with Gasteiger partial charge in [-0.2, -0.15) is 4.98 Å². The summed E-state index contributed by atoms with van der Waals surface area (Å²) in [5, 5.41) is 3.21. The standard InChI is InChI=1S/C11H20N4O/c1-4-9(5-12)14-10-6-13-7-11(15-10)16-8(2)3/h6-9H,4-5,12H2,1-3H3,(H,14,15). The SMILES string of the molecule is CCC(CN)Nc1cncc(OC(C)C)n1. The van der Waals surface area contributed by atoms with Crippen LogP contribution >= 0.6 is 0 Å². The second-order valence-electron chi connectivity index (χ2n) is 3.89. The molecule has 0 saturated heterocycles. The minimum atomic E-state index is 0.0982. The van der Waals surface area contributed by atoms with Gasteiger partial charge in [-0.15, -0.1) is 0 Å². The monoisotopic (exact) mass is 224 g/mol. The second-order valence-corrected chi connectivity index (χ2v) is 3.89. The highest BCUT2D eigenvalue weighted by Gasteiger charge is 2.06. The van der Waals surface area contributed by atoms with Crippen molar-refractivity contribution in [1.29, 1.82) is 0 Å². The fourth-order valence-corrected chi connectivity index (χ4v) is 1.25. The van der Waals surface area contributed by atoms with Gasteiger partial charge in [-0.05, 0) is 20.3 Å². The quantitative estimate of drug-likeness (QED) is 0.764. The minimum absolute atomic E-state index is 0.0982.